The van der Waals surface area contributed by atoms with Crippen LogP contribution in [0.15, 0.2) is 30.5 Å². The summed E-state index contributed by atoms with van der Waals surface area (Å²) in [5, 5.41) is 3.63. The van der Waals surface area contributed by atoms with Crippen LogP contribution in [-0.4, -0.2) is 30.0 Å². The molecule has 2 N–H and O–H groups in total. The Balaban J connectivity index is 2.26. The second-order valence-corrected chi connectivity index (χ2v) is 5.10. The fourth-order valence-corrected chi connectivity index (χ4v) is 2.30. The van der Waals surface area contributed by atoms with Gasteiger partial charge in [0.2, 0.25) is 0 Å². The van der Waals surface area contributed by atoms with Crippen molar-refractivity contribution in [3.63, 3.8) is 0 Å². The minimum Gasteiger partial charge on any atom is -0.467 e. The zero-order valence-corrected chi connectivity index (χ0v) is 12.5. The first kappa shape index (κ1) is 15.1. The van der Waals surface area contributed by atoms with Crippen molar-refractivity contribution in [1.82, 2.24) is 10.3 Å². The first-order valence-corrected chi connectivity index (χ1v) is 7.03. The molecule has 2 aromatic rings. The highest BCUT2D eigenvalue weighted by molar-refractivity contribution is 6.07. The molecule has 0 saturated heterocycles. The summed E-state index contributed by atoms with van der Waals surface area (Å²) in [5.74, 6) is -0.679. The van der Waals surface area contributed by atoms with E-state index in [1.165, 1.54) is 7.11 Å². The predicted molar refractivity (Wildman–Crippen MR) is 81.0 cm³/mol. The van der Waals surface area contributed by atoms with E-state index in [-0.39, 0.29) is 11.8 Å². The molecule has 2 unspecified atom stereocenters. The minimum atomic E-state index is -0.637. The number of amides is 1. The highest BCUT2D eigenvalue weighted by Gasteiger charge is 2.27. The Hall–Kier alpha value is -2.30. The van der Waals surface area contributed by atoms with Gasteiger partial charge in [-0.1, -0.05) is 26.3 Å². The summed E-state index contributed by atoms with van der Waals surface area (Å²) in [6.07, 6.45) is 2.56. The number of fused-ring (bicyclic) bond motifs is 1. The number of nitrogens with one attached hydrogen (secondary N) is 2. The highest BCUT2D eigenvalue weighted by atomic mass is 16.5. The summed E-state index contributed by atoms with van der Waals surface area (Å²) in [5.41, 5.74) is 1.44. The summed E-state index contributed by atoms with van der Waals surface area (Å²) < 4.78 is 4.78. The average Bonchev–Trinajstić information content (AvgIpc) is 2.99. The Morgan fingerprint density at radius 1 is 1.33 bits per heavy atom. The van der Waals surface area contributed by atoms with Crippen LogP contribution in [0.1, 0.15) is 30.6 Å². The number of methoxy groups -OCH3 is 1. The summed E-state index contributed by atoms with van der Waals surface area (Å²) in [7, 11) is 1.33. The van der Waals surface area contributed by atoms with Crippen LogP contribution in [0, 0.1) is 5.92 Å². The molecule has 0 radical (unpaired) electrons. The molecule has 1 aromatic carbocycles. The molecular weight excluding hydrogens is 268 g/mol. The van der Waals surface area contributed by atoms with E-state index in [2.05, 4.69) is 10.3 Å². The molecule has 21 heavy (non-hydrogen) atoms. The molecule has 5 heteroatoms. The summed E-state index contributed by atoms with van der Waals surface area (Å²) in [6, 6.07) is 6.67. The van der Waals surface area contributed by atoms with E-state index < -0.39 is 12.0 Å². The SMILES string of the molecule is CCC(C)C(NC(=O)c1cccc2[nH]ccc12)C(=O)OC. The third-order valence-corrected chi connectivity index (χ3v) is 3.79. The molecule has 0 saturated carbocycles. The van der Waals surface area contributed by atoms with Crippen LogP contribution in [0.5, 0.6) is 0 Å². The Morgan fingerprint density at radius 2 is 2.10 bits per heavy atom. The number of esters is 1. The van der Waals surface area contributed by atoms with E-state index in [0.717, 1.165) is 17.3 Å². The van der Waals surface area contributed by atoms with Crippen molar-refractivity contribution in [3.8, 4) is 0 Å². The predicted octanol–water partition coefficient (Wildman–Crippen LogP) is 2.49. The van der Waals surface area contributed by atoms with E-state index in [1.54, 1.807) is 12.3 Å². The lowest BCUT2D eigenvalue weighted by molar-refractivity contribution is -0.144. The monoisotopic (exact) mass is 288 g/mol. The van der Waals surface area contributed by atoms with Gasteiger partial charge in [-0.3, -0.25) is 4.79 Å². The first-order chi connectivity index (χ1) is 10.1. The van der Waals surface area contributed by atoms with Gasteiger partial charge >= 0.3 is 5.97 Å². The van der Waals surface area contributed by atoms with Crippen molar-refractivity contribution in [2.45, 2.75) is 26.3 Å². The Morgan fingerprint density at radius 3 is 2.76 bits per heavy atom. The molecule has 0 bridgehead atoms. The number of carbonyl (C=O) groups is 2. The number of benzene rings is 1. The summed E-state index contributed by atoms with van der Waals surface area (Å²) in [6.45, 7) is 3.89. The lowest BCUT2D eigenvalue weighted by atomic mass is 9.98. The lowest BCUT2D eigenvalue weighted by Gasteiger charge is -2.22. The van der Waals surface area contributed by atoms with Crippen LogP contribution in [0.2, 0.25) is 0 Å². The van der Waals surface area contributed by atoms with Crippen molar-refractivity contribution in [2.24, 2.45) is 5.92 Å². The zero-order chi connectivity index (χ0) is 15.4. The molecule has 2 rings (SSSR count). The lowest BCUT2D eigenvalue weighted by Crippen LogP contribution is -2.45. The van der Waals surface area contributed by atoms with Gasteiger partial charge in [0.15, 0.2) is 0 Å². The van der Waals surface area contributed by atoms with E-state index in [9.17, 15) is 9.59 Å². The third-order valence-electron chi connectivity index (χ3n) is 3.79. The Kier molecular flexibility index (Phi) is 4.62. The number of H-pyrrole nitrogens is 1. The van der Waals surface area contributed by atoms with Gasteiger partial charge in [-0.2, -0.15) is 0 Å². The van der Waals surface area contributed by atoms with E-state index >= 15 is 0 Å². The maximum atomic E-state index is 12.5. The molecular formula is C16H20N2O3. The van der Waals surface area contributed by atoms with Crippen molar-refractivity contribution >= 4 is 22.8 Å². The number of carbonyl (C=O) groups excluding carboxylic acids is 2. The van der Waals surface area contributed by atoms with Crippen molar-refractivity contribution in [2.75, 3.05) is 7.11 Å². The van der Waals surface area contributed by atoms with Crippen molar-refractivity contribution in [3.05, 3.63) is 36.0 Å². The zero-order valence-electron chi connectivity index (χ0n) is 12.5. The summed E-state index contributed by atoms with van der Waals surface area (Å²) >= 11 is 0. The molecule has 2 atom stereocenters. The Labute approximate surface area is 123 Å². The first-order valence-electron chi connectivity index (χ1n) is 7.03. The topological polar surface area (TPSA) is 71.2 Å². The van der Waals surface area contributed by atoms with Crippen molar-refractivity contribution in [1.29, 1.82) is 0 Å². The van der Waals surface area contributed by atoms with E-state index in [4.69, 9.17) is 4.74 Å². The molecule has 0 aliphatic carbocycles. The Bertz CT molecular complexity index is 648. The summed E-state index contributed by atoms with van der Waals surface area (Å²) in [4.78, 5) is 27.4. The van der Waals surface area contributed by atoms with Crippen LogP contribution >= 0.6 is 0 Å². The van der Waals surface area contributed by atoms with E-state index in [1.807, 2.05) is 32.0 Å². The molecule has 0 aliphatic heterocycles. The largest absolute Gasteiger partial charge is 0.467 e. The van der Waals surface area contributed by atoms with Crippen LogP contribution < -0.4 is 5.32 Å². The van der Waals surface area contributed by atoms with Gasteiger partial charge in [0.1, 0.15) is 6.04 Å². The number of rotatable bonds is 5. The van der Waals surface area contributed by atoms with Crippen LogP contribution in [0.3, 0.4) is 0 Å². The smallest absolute Gasteiger partial charge is 0.328 e. The van der Waals surface area contributed by atoms with E-state index in [0.29, 0.717) is 5.56 Å². The number of aromatic nitrogens is 1. The molecule has 0 fully saturated rings. The molecule has 0 spiro atoms. The van der Waals surface area contributed by atoms with Gasteiger partial charge in [0.25, 0.3) is 5.91 Å². The normalized spacial score (nSPS) is 13.7. The van der Waals surface area contributed by atoms with Crippen molar-refractivity contribution < 1.29 is 14.3 Å². The van der Waals surface area contributed by atoms with Gasteiger partial charge in [0, 0.05) is 22.7 Å². The average molecular weight is 288 g/mol. The highest BCUT2D eigenvalue weighted by Crippen LogP contribution is 2.18. The number of hydrogen-bond donors (Lipinski definition) is 2. The van der Waals surface area contributed by atoms with Gasteiger partial charge in [-0.05, 0) is 24.1 Å². The fourth-order valence-electron chi connectivity index (χ4n) is 2.30. The van der Waals surface area contributed by atoms with Gasteiger partial charge in [0.05, 0.1) is 7.11 Å². The molecule has 0 aliphatic rings. The maximum absolute atomic E-state index is 12.5. The molecule has 1 heterocycles. The minimum absolute atomic E-state index is 0.00632. The second-order valence-electron chi connectivity index (χ2n) is 5.10. The standard InChI is InChI=1S/C16H20N2O3/c1-4-10(2)14(16(20)21-3)18-15(19)12-6-5-7-13-11(12)8-9-17-13/h5-10,14,17H,4H2,1-3H3,(H,18,19). The second kappa shape index (κ2) is 6.43. The van der Waals surface area contributed by atoms with Gasteiger partial charge < -0.3 is 15.0 Å². The van der Waals surface area contributed by atoms with Crippen LogP contribution in [-0.2, 0) is 9.53 Å². The van der Waals surface area contributed by atoms with Gasteiger partial charge in [-0.15, -0.1) is 0 Å². The number of ether oxygens (including phenoxy) is 1. The molecule has 5 nitrogen and oxygen atoms in total. The van der Waals surface area contributed by atoms with Crippen LogP contribution in [0.4, 0.5) is 0 Å². The quantitative estimate of drug-likeness (QED) is 0.830. The molecule has 1 amide bonds. The fraction of sp³-hybridized carbons (Fsp3) is 0.375. The van der Waals surface area contributed by atoms with Crippen LogP contribution in [0.25, 0.3) is 10.9 Å². The maximum Gasteiger partial charge on any atom is 0.328 e. The third kappa shape index (κ3) is 3.07. The van der Waals surface area contributed by atoms with Gasteiger partial charge in [-0.25, -0.2) is 4.79 Å². The molecule has 1 aromatic heterocycles. The number of aromatic amines is 1. The number of hydrogen-bond acceptors (Lipinski definition) is 3. The molecule has 112 valence electrons.